The number of aromatic nitrogens is 3. The highest BCUT2D eigenvalue weighted by molar-refractivity contribution is 8.00. The second-order valence-corrected chi connectivity index (χ2v) is 8.39. The van der Waals surface area contributed by atoms with Gasteiger partial charge in [0.05, 0.1) is 27.2 Å². The van der Waals surface area contributed by atoms with Gasteiger partial charge in [0.1, 0.15) is 29.1 Å². The Hall–Kier alpha value is -3.22. The minimum Gasteiger partial charge on any atom is -0.310 e. The normalized spacial score (nSPS) is 10.9. The Balaban J connectivity index is 1.62. The molecule has 0 aliphatic carbocycles. The van der Waals surface area contributed by atoms with Gasteiger partial charge in [-0.2, -0.15) is 5.26 Å². The van der Waals surface area contributed by atoms with Crippen LogP contribution in [-0.2, 0) is 4.79 Å². The van der Waals surface area contributed by atoms with Gasteiger partial charge in [0.2, 0.25) is 5.91 Å². The molecule has 0 bridgehead atoms. The van der Waals surface area contributed by atoms with Crippen molar-refractivity contribution < 1.29 is 9.18 Å². The van der Waals surface area contributed by atoms with Crippen molar-refractivity contribution in [2.45, 2.75) is 18.9 Å². The third kappa shape index (κ3) is 3.67. The highest BCUT2D eigenvalue weighted by Gasteiger charge is 2.21. The van der Waals surface area contributed by atoms with Crippen LogP contribution in [0, 0.1) is 31.0 Å². The highest BCUT2D eigenvalue weighted by atomic mass is 32.2. The van der Waals surface area contributed by atoms with Gasteiger partial charge >= 0.3 is 0 Å². The topological polar surface area (TPSA) is 83.6 Å². The molecule has 0 atom stereocenters. The second-order valence-electron chi connectivity index (χ2n) is 6.51. The van der Waals surface area contributed by atoms with Gasteiger partial charge < -0.3 is 5.32 Å². The van der Waals surface area contributed by atoms with Crippen LogP contribution in [0.1, 0.15) is 16.8 Å². The Kier molecular flexibility index (Phi) is 5.53. The quantitative estimate of drug-likeness (QED) is 0.357. The third-order valence-electron chi connectivity index (χ3n) is 4.70. The zero-order chi connectivity index (χ0) is 21.3. The van der Waals surface area contributed by atoms with E-state index in [1.165, 1.54) is 41.6 Å². The van der Waals surface area contributed by atoms with Gasteiger partial charge in [0.25, 0.3) is 0 Å². The lowest BCUT2D eigenvalue weighted by atomic mass is 10.2. The first-order valence-electron chi connectivity index (χ1n) is 8.98. The smallest absolute Gasteiger partial charge is 0.235 e. The van der Waals surface area contributed by atoms with Crippen molar-refractivity contribution in [2.24, 2.45) is 0 Å². The van der Waals surface area contributed by atoms with E-state index in [4.69, 9.17) is 0 Å². The predicted octanol–water partition coefficient (Wildman–Crippen LogP) is 4.84. The van der Waals surface area contributed by atoms with Crippen LogP contribution in [0.25, 0.3) is 15.9 Å². The van der Waals surface area contributed by atoms with Crippen molar-refractivity contribution >= 4 is 45.0 Å². The van der Waals surface area contributed by atoms with E-state index in [1.807, 2.05) is 25.3 Å². The first-order chi connectivity index (χ1) is 14.5. The van der Waals surface area contributed by atoms with Gasteiger partial charge in [-0.15, -0.1) is 11.3 Å². The minimum absolute atomic E-state index is 0.112. The summed E-state index contributed by atoms with van der Waals surface area (Å²) in [6, 6.07) is 10.1. The largest absolute Gasteiger partial charge is 0.310 e. The molecule has 1 amide bonds. The number of anilines is 1. The number of thioether (sulfide) groups is 1. The van der Waals surface area contributed by atoms with Gasteiger partial charge in [-0.05, 0) is 49.1 Å². The van der Waals surface area contributed by atoms with Crippen molar-refractivity contribution in [2.75, 3.05) is 11.1 Å². The molecule has 9 heteroatoms. The molecule has 0 aliphatic rings. The fourth-order valence-electron chi connectivity index (χ4n) is 3.17. The Morgan fingerprint density at radius 2 is 2.17 bits per heavy atom. The fourth-order valence-corrected chi connectivity index (χ4v) is 4.92. The van der Waals surface area contributed by atoms with Crippen molar-refractivity contribution in [3.05, 3.63) is 64.7 Å². The molecule has 0 aliphatic heterocycles. The Bertz CT molecular complexity index is 1300. The zero-order valence-electron chi connectivity index (χ0n) is 16.1. The third-order valence-corrected chi connectivity index (χ3v) is 6.73. The number of nitrogens with one attached hydrogen (secondary N) is 1. The van der Waals surface area contributed by atoms with Crippen LogP contribution in [0.4, 0.5) is 10.2 Å². The van der Waals surface area contributed by atoms with E-state index in [0.717, 1.165) is 26.5 Å². The Morgan fingerprint density at radius 1 is 1.33 bits per heavy atom. The van der Waals surface area contributed by atoms with Crippen LogP contribution in [0.3, 0.4) is 0 Å². The van der Waals surface area contributed by atoms with Crippen LogP contribution >= 0.6 is 23.1 Å². The van der Waals surface area contributed by atoms with Gasteiger partial charge in [0, 0.05) is 5.69 Å². The average molecular weight is 438 g/mol. The second kappa shape index (κ2) is 8.26. The molecule has 0 saturated carbocycles. The van der Waals surface area contributed by atoms with E-state index in [-0.39, 0.29) is 11.7 Å². The lowest BCUT2D eigenvalue weighted by Gasteiger charge is -2.13. The predicted molar refractivity (Wildman–Crippen MR) is 117 cm³/mol. The van der Waals surface area contributed by atoms with Gasteiger partial charge in [-0.3, -0.25) is 9.36 Å². The molecular weight excluding hydrogens is 421 g/mol. The molecule has 0 fully saturated rings. The van der Waals surface area contributed by atoms with E-state index >= 15 is 0 Å². The summed E-state index contributed by atoms with van der Waals surface area (Å²) < 4.78 is 16.4. The molecular formula is C21H16FN5OS2. The maximum Gasteiger partial charge on any atom is 0.235 e. The maximum absolute atomic E-state index is 13.8. The first-order valence-corrected chi connectivity index (χ1v) is 10.8. The number of hydrogen-bond donors (Lipinski definition) is 1. The molecule has 0 spiro atoms. The monoisotopic (exact) mass is 437 g/mol. The van der Waals surface area contributed by atoms with E-state index in [2.05, 4.69) is 21.4 Å². The van der Waals surface area contributed by atoms with Crippen LogP contribution in [-0.4, -0.2) is 26.2 Å². The summed E-state index contributed by atoms with van der Waals surface area (Å²) in [5.74, 6) is -0.225. The first kappa shape index (κ1) is 20.1. The van der Waals surface area contributed by atoms with Gasteiger partial charge in [-0.25, -0.2) is 14.4 Å². The lowest BCUT2D eigenvalue weighted by molar-refractivity contribution is -0.113. The fraction of sp³-hybridized carbons (Fsp3) is 0.143. The molecule has 1 aromatic carbocycles. The molecule has 150 valence electrons. The van der Waals surface area contributed by atoms with E-state index < -0.39 is 5.82 Å². The number of benzene rings is 1. The number of nitriles is 1. The van der Waals surface area contributed by atoms with E-state index in [9.17, 15) is 14.4 Å². The zero-order valence-corrected chi connectivity index (χ0v) is 17.8. The molecule has 0 unspecified atom stereocenters. The summed E-state index contributed by atoms with van der Waals surface area (Å²) in [7, 11) is 0. The molecule has 4 aromatic rings. The minimum atomic E-state index is -0.395. The average Bonchev–Trinajstić information content (AvgIpc) is 3.30. The number of hydrogen-bond acceptors (Lipinski definition) is 6. The number of nitrogens with zero attached hydrogens (tertiary/aromatic N) is 4. The summed E-state index contributed by atoms with van der Waals surface area (Å²) in [5, 5.41) is 15.2. The number of carbonyl (C=O) groups is 1. The number of amides is 1. The number of carbonyl (C=O) groups excluding carboxylic acids is 1. The summed E-state index contributed by atoms with van der Waals surface area (Å²) in [4.78, 5) is 21.2. The van der Waals surface area contributed by atoms with Crippen LogP contribution < -0.4 is 5.32 Å². The number of fused-ring (bicyclic) bond motifs is 1. The van der Waals surface area contributed by atoms with Gasteiger partial charge in [0.15, 0.2) is 0 Å². The van der Waals surface area contributed by atoms with Crippen LogP contribution in [0.15, 0.2) is 47.1 Å². The van der Waals surface area contributed by atoms with Crippen molar-refractivity contribution in [1.82, 2.24) is 14.5 Å². The Morgan fingerprint density at radius 3 is 2.93 bits per heavy atom. The standard InChI is InChI=1S/C21H16FN5OS2/c1-12-13(2)27(15-5-3-4-14(22)8-15)20(16(12)9-23)26-18(28)10-30-21-19-17(6-7-29-19)24-11-25-21/h3-8,11H,10H2,1-2H3,(H,26,28). The molecule has 6 nitrogen and oxygen atoms in total. The molecule has 3 aromatic heterocycles. The number of thiophene rings is 1. The summed E-state index contributed by atoms with van der Waals surface area (Å²) in [6.45, 7) is 3.64. The molecule has 30 heavy (non-hydrogen) atoms. The summed E-state index contributed by atoms with van der Waals surface area (Å²) in [6.07, 6.45) is 1.48. The van der Waals surface area contributed by atoms with E-state index in [1.54, 1.807) is 16.7 Å². The van der Waals surface area contributed by atoms with Crippen molar-refractivity contribution in [1.29, 1.82) is 5.26 Å². The van der Waals surface area contributed by atoms with E-state index in [0.29, 0.717) is 17.1 Å². The maximum atomic E-state index is 13.8. The summed E-state index contributed by atoms with van der Waals surface area (Å²) in [5.41, 5.74) is 3.24. The number of halogens is 1. The molecule has 0 saturated heterocycles. The lowest BCUT2D eigenvalue weighted by Crippen LogP contribution is -2.18. The molecule has 4 rings (SSSR count). The highest BCUT2D eigenvalue weighted by Crippen LogP contribution is 2.31. The number of rotatable bonds is 5. The summed E-state index contributed by atoms with van der Waals surface area (Å²) >= 11 is 2.83. The van der Waals surface area contributed by atoms with Crippen molar-refractivity contribution in [3.8, 4) is 11.8 Å². The SMILES string of the molecule is Cc1c(C#N)c(NC(=O)CSc2ncnc3ccsc23)n(-c2cccc(F)c2)c1C. The van der Waals surface area contributed by atoms with Crippen LogP contribution in [0.2, 0.25) is 0 Å². The Labute approximate surface area is 180 Å². The van der Waals surface area contributed by atoms with Gasteiger partial charge in [-0.1, -0.05) is 17.8 Å². The van der Waals surface area contributed by atoms with Crippen molar-refractivity contribution in [3.63, 3.8) is 0 Å². The van der Waals surface area contributed by atoms with Crippen LogP contribution in [0.5, 0.6) is 0 Å². The molecule has 3 heterocycles. The molecule has 0 radical (unpaired) electrons. The molecule has 1 N–H and O–H groups in total.